The van der Waals surface area contributed by atoms with Crippen molar-refractivity contribution in [1.82, 2.24) is 0 Å². The van der Waals surface area contributed by atoms with Crippen LogP contribution in [-0.2, 0) is 0 Å². The van der Waals surface area contributed by atoms with Crippen LogP contribution in [0.1, 0.15) is 65.7 Å². The molecular weight excluding hydrogens is 272 g/mol. The SMILES string of the molecule is C=C1CCC[C@H]2[C@@](C)(C/C=C(/CO)CCO)[C@H](C)CC[C@@]12C. The maximum Gasteiger partial charge on any atom is 0.0642 e. The van der Waals surface area contributed by atoms with Crippen molar-refractivity contribution in [2.75, 3.05) is 13.2 Å². The molecule has 22 heavy (non-hydrogen) atoms. The lowest BCUT2D eigenvalue weighted by Crippen LogP contribution is -2.50. The van der Waals surface area contributed by atoms with Crippen LogP contribution >= 0.6 is 0 Å². The molecule has 4 atom stereocenters. The predicted molar refractivity (Wildman–Crippen MR) is 92.6 cm³/mol. The van der Waals surface area contributed by atoms with E-state index >= 15 is 0 Å². The van der Waals surface area contributed by atoms with Gasteiger partial charge >= 0.3 is 0 Å². The first-order valence-electron chi connectivity index (χ1n) is 8.96. The van der Waals surface area contributed by atoms with Crippen molar-refractivity contribution in [3.8, 4) is 0 Å². The highest BCUT2D eigenvalue weighted by Gasteiger charge is 2.53. The molecule has 126 valence electrons. The monoisotopic (exact) mass is 306 g/mol. The quantitative estimate of drug-likeness (QED) is 0.735. The van der Waals surface area contributed by atoms with Crippen molar-refractivity contribution in [3.63, 3.8) is 0 Å². The van der Waals surface area contributed by atoms with Gasteiger partial charge in [0.2, 0.25) is 0 Å². The summed E-state index contributed by atoms with van der Waals surface area (Å²) in [5.41, 5.74) is 3.01. The third-order valence-corrected chi connectivity index (χ3v) is 7.03. The molecule has 2 heteroatoms. The van der Waals surface area contributed by atoms with Gasteiger partial charge in [0.25, 0.3) is 0 Å². The van der Waals surface area contributed by atoms with Crippen LogP contribution in [0.4, 0.5) is 0 Å². The average Bonchev–Trinajstić information content (AvgIpc) is 2.50. The van der Waals surface area contributed by atoms with Gasteiger partial charge in [-0.1, -0.05) is 39.0 Å². The number of aliphatic hydroxyl groups excluding tert-OH is 2. The van der Waals surface area contributed by atoms with Crippen LogP contribution in [0.3, 0.4) is 0 Å². The summed E-state index contributed by atoms with van der Waals surface area (Å²) in [5.74, 6) is 1.39. The molecule has 2 fully saturated rings. The van der Waals surface area contributed by atoms with E-state index in [2.05, 4.69) is 33.4 Å². The molecule has 0 amide bonds. The molecule has 0 aromatic carbocycles. The molecule has 0 heterocycles. The van der Waals surface area contributed by atoms with E-state index in [-0.39, 0.29) is 18.6 Å². The van der Waals surface area contributed by atoms with Crippen LogP contribution < -0.4 is 0 Å². The van der Waals surface area contributed by atoms with E-state index in [1.807, 2.05) is 0 Å². The molecule has 0 aromatic heterocycles. The minimum atomic E-state index is 0.0691. The van der Waals surface area contributed by atoms with Crippen molar-refractivity contribution in [2.45, 2.75) is 65.7 Å². The Labute approximate surface area is 136 Å². The third-order valence-electron chi connectivity index (χ3n) is 7.03. The fraction of sp³-hybridized carbons (Fsp3) is 0.800. The molecule has 2 aliphatic rings. The minimum absolute atomic E-state index is 0.0691. The fourth-order valence-electron chi connectivity index (χ4n) is 5.07. The second-order valence-electron chi connectivity index (χ2n) is 8.11. The van der Waals surface area contributed by atoms with Gasteiger partial charge < -0.3 is 10.2 Å². The number of fused-ring (bicyclic) bond motifs is 1. The molecule has 2 nitrogen and oxygen atoms in total. The third kappa shape index (κ3) is 3.05. The molecule has 0 aliphatic heterocycles. The minimum Gasteiger partial charge on any atom is -0.396 e. The Kier molecular flexibility index (Phi) is 5.55. The van der Waals surface area contributed by atoms with E-state index < -0.39 is 0 Å². The van der Waals surface area contributed by atoms with Crippen LogP contribution in [0.25, 0.3) is 0 Å². The molecule has 0 radical (unpaired) electrons. The van der Waals surface area contributed by atoms with Crippen LogP contribution in [-0.4, -0.2) is 23.4 Å². The first kappa shape index (κ1) is 17.7. The van der Waals surface area contributed by atoms with Gasteiger partial charge in [-0.15, -0.1) is 0 Å². The van der Waals surface area contributed by atoms with Gasteiger partial charge in [0.05, 0.1) is 6.61 Å². The van der Waals surface area contributed by atoms with Gasteiger partial charge in [-0.3, -0.25) is 0 Å². The molecular formula is C20H34O2. The zero-order chi connectivity index (χ0) is 16.4. The van der Waals surface area contributed by atoms with E-state index in [1.54, 1.807) is 0 Å². The van der Waals surface area contributed by atoms with Crippen LogP contribution in [0.2, 0.25) is 0 Å². The molecule has 0 unspecified atom stereocenters. The Morgan fingerprint density at radius 1 is 1.32 bits per heavy atom. The molecule has 2 N–H and O–H groups in total. The largest absolute Gasteiger partial charge is 0.396 e. The number of rotatable bonds is 5. The molecule has 0 bridgehead atoms. The van der Waals surface area contributed by atoms with Crippen molar-refractivity contribution in [1.29, 1.82) is 0 Å². The smallest absolute Gasteiger partial charge is 0.0642 e. The van der Waals surface area contributed by atoms with Crippen LogP contribution in [0.15, 0.2) is 23.8 Å². The van der Waals surface area contributed by atoms with E-state index in [1.165, 1.54) is 37.7 Å². The Morgan fingerprint density at radius 2 is 2.05 bits per heavy atom. The van der Waals surface area contributed by atoms with Crippen molar-refractivity contribution in [2.24, 2.45) is 22.7 Å². The summed E-state index contributed by atoms with van der Waals surface area (Å²) in [6.07, 6.45) is 10.1. The molecule has 2 saturated carbocycles. The standard InChI is InChI=1S/C20H34O2/c1-15-6-5-7-18-19(15,3)11-8-16(2)20(18,4)12-9-17(14-22)10-13-21/h9,16,18,21-22H,1,5-8,10-14H2,2-4H3/b17-9+/t16-,18-,19+,20+/m1/s1. The van der Waals surface area contributed by atoms with Gasteiger partial charge in [0, 0.05) is 6.61 Å². The van der Waals surface area contributed by atoms with Gasteiger partial charge in [-0.25, -0.2) is 0 Å². The highest BCUT2D eigenvalue weighted by molar-refractivity contribution is 5.20. The van der Waals surface area contributed by atoms with E-state index in [0.29, 0.717) is 23.7 Å². The van der Waals surface area contributed by atoms with Crippen molar-refractivity contribution < 1.29 is 10.2 Å². The van der Waals surface area contributed by atoms with Gasteiger partial charge in [0.1, 0.15) is 0 Å². The fourth-order valence-corrected chi connectivity index (χ4v) is 5.07. The molecule has 0 aromatic rings. The molecule has 0 spiro atoms. The lowest BCUT2D eigenvalue weighted by atomic mass is 9.46. The Bertz CT molecular complexity index is 439. The zero-order valence-electron chi connectivity index (χ0n) is 14.7. The second kappa shape index (κ2) is 6.88. The summed E-state index contributed by atoms with van der Waals surface area (Å²) < 4.78 is 0. The summed E-state index contributed by atoms with van der Waals surface area (Å²) in [4.78, 5) is 0. The van der Waals surface area contributed by atoms with E-state index in [9.17, 15) is 5.11 Å². The summed E-state index contributed by atoms with van der Waals surface area (Å²) in [6.45, 7) is 11.9. The molecule has 2 rings (SSSR count). The maximum atomic E-state index is 9.47. The van der Waals surface area contributed by atoms with Crippen molar-refractivity contribution >= 4 is 0 Å². The van der Waals surface area contributed by atoms with Gasteiger partial charge in [-0.05, 0) is 73.2 Å². The summed E-state index contributed by atoms with van der Waals surface area (Å²) >= 11 is 0. The van der Waals surface area contributed by atoms with E-state index in [0.717, 1.165) is 12.0 Å². The number of hydrogen-bond acceptors (Lipinski definition) is 2. The zero-order valence-corrected chi connectivity index (χ0v) is 14.7. The topological polar surface area (TPSA) is 40.5 Å². The Morgan fingerprint density at radius 3 is 2.68 bits per heavy atom. The first-order valence-corrected chi connectivity index (χ1v) is 8.96. The Balaban J connectivity index is 2.26. The summed E-state index contributed by atoms with van der Waals surface area (Å²) in [5, 5.41) is 18.6. The maximum absolute atomic E-state index is 9.47. The summed E-state index contributed by atoms with van der Waals surface area (Å²) in [6, 6.07) is 0. The highest BCUT2D eigenvalue weighted by atomic mass is 16.3. The molecule has 2 aliphatic carbocycles. The van der Waals surface area contributed by atoms with Gasteiger partial charge in [0.15, 0.2) is 0 Å². The van der Waals surface area contributed by atoms with Crippen LogP contribution in [0.5, 0.6) is 0 Å². The lowest BCUT2D eigenvalue weighted by Gasteiger charge is -2.58. The average molecular weight is 306 g/mol. The van der Waals surface area contributed by atoms with E-state index in [4.69, 9.17) is 5.11 Å². The van der Waals surface area contributed by atoms with Gasteiger partial charge in [-0.2, -0.15) is 0 Å². The van der Waals surface area contributed by atoms with Crippen molar-refractivity contribution in [3.05, 3.63) is 23.8 Å². The Hall–Kier alpha value is -0.600. The van der Waals surface area contributed by atoms with Crippen LogP contribution in [0, 0.1) is 22.7 Å². The molecule has 0 saturated heterocycles. The number of allylic oxidation sites excluding steroid dienone is 2. The number of hydrogen-bond donors (Lipinski definition) is 2. The highest BCUT2D eigenvalue weighted by Crippen LogP contribution is 2.62. The second-order valence-corrected chi connectivity index (χ2v) is 8.11. The summed E-state index contributed by atoms with van der Waals surface area (Å²) in [7, 11) is 0. The number of aliphatic hydroxyl groups is 2. The predicted octanol–water partition coefficient (Wildman–Crippen LogP) is 4.48. The first-order chi connectivity index (χ1) is 10.4. The lowest BCUT2D eigenvalue weighted by molar-refractivity contribution is -0.0473. The normalized spacial score (nSPS) is 39.7.